The van der Waals surface area contributed by atoms with Crippen molar-refractivity contribution >= 4 is 22.6 Å². The first kappa shape index (κ1) is 19.2. The quantitative estimate of drug-likeness (QED) is 0.0883. The fraction of sp³-hybridized carbons (Fsp3) is 0.882. The van der Waals surface area contributed by atoms with Crippen LogP contribution in [0.2, 0.25) is 0 Å². The van der Waals surface area contributed by atoms with E-state index in [0.717, 1.165) is 47.3 Å². The van der Waals surface area contributed by atoms with E-state index in [1.807, 2.05) is 0 Å². The van der Waals surface area contributed by atoms with Gasteiger partial charge in [-0.15, -0.1) is 0 Å². The van der Waals surface area contributed by atoms with Gasteiger partial charge in [0.05, 0.1) is 7.05 Å². The Balaban J connectivity index is 0.00000150. The Bertz CT molecular complexity index is 641. The minimum absolute atomic E-state index is 0. The summed E-state index contributed by atoms with van der Waals surface area (Å²) in [4.78, 5) is 5.69. The molecule has 0 saturated heterocycles. The van der Waals surface area contributed by atoms with Crippen molar-refractivity contribution in [1.29, 1.82) is 0 Å². The molecule has 5 saturated carbocycles. The Morgan fingerprint density at radius 2 is 1.58 bits per heavy atom. The fourth-order valence-electron chi connectivity index (χ4n) is 8.16. The van der Waals surface area contributed by atoms with Crippen LogP contribution in [0.3, 0.4) is 0 Å². The maximum Gasteiger partial charge on any atom is 0.135 e. The summed E-state index contributed by atoms with van der Waals surface area (Å²) < 4.78 is 0.371. The SMILES string of the molecule is C[NH+]([O-])N(N)[NH+]([O-])OC1C(I)C2C3CC(C12)C1C2C4C=CC(C4)C2C31.[Np]. The number of quaternary nitrogens is 2. The molecule has 143 valence electrons. The van der Waals surface area contributed by atoms with Gasteiger partial charge in [-0.25, -0.2) is 5.17 Å². The van der Waals surface area contributed by atoms with Crippen LogP contribution in [0.1, 0.15) is 12.8 Å². The minimum Gasteiger partial charge on any atom is -0.608 e. The molecule has 0 heterocycles. The zero-order valence-electron chi connectivity index (χ0n) is 14.6. The van der Waals surface area contributed by atoms with Gasteiger partial charge in [0.2, 0.25) is 0 Å². The molecule has 1 radical (unpaired) electrons. The van der Waals surface area contributed by atoms with Gasteiger partial charge in [0.15, 0.2) is 0 Å². The molecule has 0 spiro atoms. The van der Waals surface area contributed by atoms with E-state index >= 15 is 0 Å². The standard InChI is InChI=1S/C17H25IN4O3.Np/c1-20(23)21(19)22(24)25-17-15-9-5-8(14(15)16(17)18)12-10-6-2-3-7(4-6)11(10)13(9)12;/h2-3,6-17,20,22H,4-5,19H2,1H3;. The summed E-state index contributed by atoms with van der Waals surface area (Å²) in [7, 11) is 1.28. The van der Waals surface area contributed by atoms with E-state index in [1.54, 1.807) is 0 Å². The molecule has 7 nitrogen and oxygen atoms in total. The smallest absolute Gasteiger partial charge is 0.135 e. The second kappa shape index (κ2) is 6.35. The number of allylic oxidation sites excluding steroid dienone is 2. The van der Waals surface area contributed by atoms with Gasteiger partial charge >= 0.3 is 0 Å². The first-order chi connectivity index (χ1) is 12.0. The predicted molar refractivity (Wildman–Crippen MR) is 96.6 cm³/mol. The van der Waals surface area contributed by atoms with E-state index < -0.39 is 10.5 Å². The van der Waals surface area contributed by atoms with Crippen LogP contribution in [0.5, 0.6) is 0 Å². The van der Waals surface area contributed by atoms with Crippen molar-refractivity contribution in [2.24, 2.45) is 65.0 Å². The average molecular weight is 697 g/mol. The molecule has 0 aliphatic heterocycles. The predicted octanol–water partition coefficient (Wildman–Crippen LogP) is -0.929. The molecular formula is C17H25IN4NpO3. The van der Waals surface area contributed by atoms with Gasteiger partial charge in [0.25, 0.3) is 0 Å². The maximum absolute atomic E-state index is 12.1. The Hall–Kier alpha value is 1.20. The Morgan fingerprint density at radius 1 is 1.00 bits per heavy atom. The van der Waals surface area contributed by atoms with E-state index in [2.05, 4.69) is 34.7 Å². The third-order valence-corrected chi connectivity index (χ3v) is 10.3. The van der Waals surface area contributed by atoms with Crippen molar-refractivity contribution < 1.29 is 45.3 Å². The number of nitrogens with zero attached hydrogens (tertiary/aromatic N) is 1. The zero-order valence-corrected chi connectivity index (χ0v) is 20.5. The molecule has 6 rings (SSSR count). The molecular weight excluding hydrogens is 672 g/mol. The van der Waals surface area contributed by atoms with Crippen LogP contribution in [0.4, 0.5) is 0 Å². The van der Waals surface area contributed by atoms with E-state index in [0.29, 0.717) is 21.0 Å². The Kier molecular flexibility index (Phi) is 4.68. The second-order valence-electron chi connectivity index (χ2n) is 9.16. The third-order valence-electron chi connectivity index (χ3n) is 8.72. The van der Waals surface area contributed by atoms with Gasteiger partial charge in [0.1, 0.15) is 11.3 Å². The molecule has 0 aromatic carbocycles. The number of hydrogen-bond donors (Lipinski definition) is 3. The van der Waals surface area contributed by atoms with Crippen LogP contribution in [0.25, 0.3) is 0 Å². The second-order valence-corrected chi connectivity index (χ2v) is 10.6. The normalized spacial score (nSPS) is 59.2. The summed E-state index contributed by atoms with van der Waals surface area (Å²) in [5.74, 6) is 13.6. The van der Waals surface area contributed by atoms with Gasteiger partial charge in [0, 0.05) is 33.9 Å². The average Bonchev–Trinajstić information content (AvgIpc) is 3.27. The van der Waals surface area contributed by atoms with E-state index in [-0.39, 0.29) is 36.0 Å². The topological polar surface area (TPSA) is 93.5 Å². The van der Waals surface area contributed by atoms with Crippen LogP contribution < -0.4 is 16.4 Å². The molecule has 0 aromatic rings. The van der Waals surface area contributed by atoms with Crippen molar-refractivity contribution in [1.82, 2.24) is 5.23 Å². The van der Waals surface area contributed by atoms with Gasteiger partial charge in [-0.05, 0) is 72.0 Å². The van der Waals surface area contributed by atoms with Crippen molar-refractivity contribution in [2.45, 2.75) is 22.9 Å². The number of hydroxylamine groups is 1. The number of alkyl halides is 1. The van der Waals surface area contributed by atoms with Crippen molar-refractivity contribution in [2.75, 3.05) is 7.05 Å². The summed E-state index contributed by atoms with van der Waals surface area (Å²) in [5.41, 5.74) is 0. The Morgan fingerprint density at radius 3 is 2.15 bits per heavy atom. The van der Waals surface area contributed by atoms with Crippen LogP contribution in [0, 0.1) is 99.5 Å². The van der Waals surface area contributed by atoms with E-state index in [1.165, 1.54) is 19.9 Å². The number of hydrazine groups is 1. The molecule has 4 N–H and O–H groups in total. The fourth-order valence-corrected chi connectivity index (χ4v) is 9.80. The van der Waals surface area contributed by atoms with Gasteiger partial charge < -0.3 is 10.4 Å². The van der Waals surface area contributed by atoms with Crippen LogP contribution in [-0.2, 0) is 4.84 Å². The molecule has 0 aromatic heterocycles. The number of halogens is 1. The largest absolute Gasteiger partial charge is 0.608 e. The molecule has 9 heteroatoms. The zero-order chi connectivity index (χ0) is 17.2. The summed E-state index contributed by atoms with van der Waals surface area (Å²) in [6.07, 6.45) is 7.64. The molecule has 5 fully saturated rings. The third kappa shape index (κ3) is 2.18. The molecule has 14 unspecified atom stereocenters. The summed E-state index contributed by atoms with van der Waals surface area (Å²) in [6.45, 7) is 0. The van der Waals surface area contributed by atoms with Crippen molar-refractivity contribution in [3.8, 4) is 0 Å². The van der Waals surface area contributed by atoms with Crippen molar-refractivity contribution in [3.63, 3.8) is 0 Å². The summed E-state index contributed by atoms with van der Waals surface area (Å²) in [5, 5.41) is 22.9. The van der Waals surface area contributed by atoms with Crippen LogP contribution >= 0.6 is 22.6 Å². The number of fused-ring (bicyclic) bond motifs is 15. The number of nitrogens with two attached hydrogens (primary N) is 1. The molecule has 6 aliphatic rings. The van der Waals surface area contributed by atoms with Crippen LogP contribution in [0.15, 0.2) is 12.2 Å². The first-order valence-electron chi connectivity index (χ1n) is 9.57. The summed E-state index contributed by atoms with van der Waals surface area (Å²) in [6, 6.07) is 0. The van der Waals surface area contributed by atoms with E-state index in [9.17, 15) is 10.4 Å². The van der Waals surface area contributed by atoms with Gasteiger partial charge in [-0.3, -0.25) is 0 Å². The molecule has 26 heavy (non-hydrogen) atoms. The molecule has 6 aliphatic carbocycles. The number of rotatable bonds is 4. The monoisotopic (exact) mass is 696 g/mol. The first-order valence-corrected chi connectivity index (χ1v) is 10.8. The van der Waals surface area contributed by atoms with Gasteiger partial charge in [-0.2, -0.15) is 10.7 Å². The number of nitrogens with one attached hydrogen (secondary N) is 2. The maximum atomic E-state index is 12.1. The molecule has 14 atom stereocenters. The van der Waals surface area contributed by atoms with Gasteiger partial charge in [-0.1, -0.05) is 40.1 Å². The van der Waals surface area contributed by atoms with Crippen LogP contribution in [-0.4, -0.2) is 22.3 Å². The summed E-state index contributed by atoms with van der Waals surface area (Å²) >= 11 is 2.47. The molecule has 0 amide bonds. The minimum atomic E-state index is -0.689. The number of hydrogen-bond acceptors (Lipinski definition) is 5. The molecule has 4 bridgehead atoms. The Labute approximate surface area is 189 Å². The van der Waals surface area contributed by atoms with Crippen molar-refractivity contribution in [3.05, 3.63) is 22.6 Å². The van der Waals surface area contributed by atoms with E-state index in [4.69, 9.17) is 10.7 Å².